The van der Waals surface area contributed by atoms with Crippen molar-refractivity contribution in [1.82, 2.24) is 4.90 Å². The van der Waals surface area contributed by atoms with Crippen LogP contribution in [0.1, 0.15) is 37.0 Å². The number of benzene rings is 1. The Morgan fingerprint density at radius 2 is 2.12 bits per heavy atom. The number of nitro benzene ring substituents is 1. The van der Waals surface area contributed by atoms with Crippen LogP contribution < -0.4 is 4.90 Å². The number of amides is 1. The molecule has 130 valence electrons. The number of non-ortho nitro benzene ring substituents is 1. The Hall–Kier alpha value is -2.44. The summed E-state index contributed by atoms with van der Waals surface area (Å²) in [6.45, 7) is 6.56. The molecule has 7 nitrogen and oxygen atoms in total. The average molecular weight is 333 g/mol. The molecule has 0 N–H and O–H groups in total. The molecule has 7 heteroatoms. The van der Waals surface area contributed by atoms with Crippen LogP contribution in [0.2, 0.25) is 0 Å². The lowest BCUT2D eigenvalue weighted by Crippen LogP contribution is -2.45. The Morgan fingerprint density at radius 1 is 1.42 bits per heavy atom. The third kappa shape index (κ3) is 3.72. The molecule has 1 aliphatic rings. The fraction of sp³-hybridized carbons (Fsp3) is 0.529. The van der Waals surface area contributed by atoms with Gasteiger partial charge in [-0.1, -0.05) is 0 Å². The summed E-state index contributed by atoms with van der Waals surface area (Å²) in [7, 11) is 0. The fourth-order valence-electron chi connectivity index (χ4n) is 3.23. The summed E-state index contributed by atoms with van der Waals surface area (Å²) >= 11 is 0. The monoisotopic (exact) mass is 333 g/mol. The molecule has 24 heavy (non-hydrogen) atoms. The summed E-state index contributed by atoms with van der Waals surface area (Å²) in [5.74, 6) is 0.0348. The molecule has 1 aliphatic heterocycles. The molecule has 1 amide bonds. The van der Waals surface area contributed by atoms with Crippen LogP contribution in [0.25, 0.3) is 0 Å². The van der Waals surface area contributed by atoms with E-state index in [1.807, 2.05) is 23.6 Å². The maximum atomic E-state index is 12.6. The van der Waals surface area contributed by atoms with Crippen LogP contribution in [0.3, 0.4) is 0 Å². The van der Waals surface area contributed by atoms with Crippen LogP contribution in [0, 0.1) is 16.0 Å². The van der Waals surface area contributed by atoms with Crippen molar-refractivity contribution in [3.05, 3.63) is 33.9 Å². The van der Waals surface area contributed by atoms with Gasteiger partial charge in [0.25, 0.3) is 5.69 Å². The highest BCUT2D eigenvalue weighted by atomic mass is 16.6. The van der Waals surface area contributed by atoms with Crippen molar-refractivity contribution in [3.8, 4) is 0 Å². The van der Waals surface area contributed by atoms with E-state index < -0.39 is 4.92 Å². The minimum absolute atomic E-state index is 0.103. The molecule has 1 aromatic rings. The standard InChI is InChI=1S/C17H23N3O4/c1-3-18(4-2)17(22)13-6-5-9-19(11-13)16-8-7-15(20(23)24)10-14(16)12-21/h7-8,10,12-13H,3-6,9,11H2,1-2H3. The zero-order chi connectivity index (χ0) is 17.7. The highest BCUT2D eigenvalue weighted by molar-refractivity contribution is 5.86. The Morgan fingerprint density at radius 3 is 2.71 bits per heavy atom. The predicted molar refractivity (Wildman–Crippen MR) is 91.3 cm³/mol. The zero-order valence-corrected chi connectivity index (χ0v) is 14.1. The average Bonchev–Trinajstić information content (AvgIpc) is 2.62. The molecule has 0 saturated carbocycles. The second kappa shape index (κ2) is 7.90. The van der Waals surface area contributed by atoms with Gasteiger partial charge in [0.05, 0.1) is 10.8 Å². The Balaban J connectivity index is 2.22. The first kappa shape index (κ1) is 17.9. The molecule has 2 rings (SSSR count). The molecule has 0 aliphatic carbocycles. The maximum Gasteiger partial charge on any atom is 0.270 e. The van der Waals surface area contributed by atoms with Crippen LogP contribution >= 0.6 is 0 Å². The zero-order valence-electron chi connectivity index (χ0n) is 14.1. The van der Waals surface area contributed by atoms with E-state index in [1.54, 1.807) is 6.07 Å². The van der Waals surface area contributed by atoms with Gasteiger partial charge in [-0.05, 0) is 32.8 Å². The van der Waals surface area contributed by atoms with Crippen molar-refractivity contribution >= 4 is 23.6 Å². The van der Waals surface area contributed by atoms with Crippen molar-refractivity contribution < 1.29 is 14.5 Å². The van der Waals surface area contributed by atoms with Crippen molar-refractivity contribution in [2.45, 2.75) is 26.7 Å². The summed E-state index contributed by atoms with van der Waals surface area (Å²) in [5.41, 5.74) is 0.849. The van der Waals surface area contributed by atoms with Gasteiger partial charge in [0, 0.05) is 49.6 Å². The molecule has 1 heterocycles. The Labute approximate surface area is 141 Å². The summed E-state index contributed by atoms with van der Waals surface area (Å²) < 4.78 is 0. The third-order valence-corrected chi connectivity index (χ3v) is 4.54. The number of piperidine rings is 1. The first-order chi connectivity index (χ1) is 11.5. The first-order valence-electron chi connectivity index (χ1n) is 8.29. The quantitative estimate of drug-likeness (QED) is 0.454. The van der Waals surface area contributed by atoms with E-state index in [0.29, 0.717) is 37.2 Å². The number of hydrogen-bond donors (Lipinski definition) is 0. The largest absolute Gasteiger partial charge is 0.370 e. The molecule has 0 aromatic heterocycles. The number of aldehydes is 1. The van der Waals surface area contributed by atoms with E-state index >= 15 is 0 Å². The predicted octanol–water partition coefficient (Wildman–Crippen LogP) is 2.49. The minimum atomic E-state index is -0.514. The summed E-state index contributed by atoms with van der Waals surface area (Å²) in [6, 6.07) is 4.29. The van der Waals surface area contributed by atoms with Gasteiger partial charge in [-0.2, -0.15) is 0 Å². The normalized spacial score (nSPS) is 17.4. The van der Waals surface area contributed by atoms with Crippen LogP contribution in [0.4, 0.5) is 11.4 Å². The second-order valence-corrected chi connectivity index (χ2v) is 5.91. The number of nitrogens with zero attached hydrogens (tertiary/aromatic N) is 3. The van der Waals surface area contributed by atoms with Crippen LogP contribution in [0.5, 0.6) is 0 Å². The summed E-state index contributed by atoms with van der Waals surface area (Å²) in [4.78, 5) is 38.1. The number of carbonyl (C=O) groups excluding carboxylic acids is 2. The number of rotatable bonds is 6. The maximum absolute atomic E-state index is 12.6. The molecule has 1 saturated heterocycles. The molecule has 0 spiro atoms. The highest BCUT2D eigenvalue weighted by Crippen LogP contribution is 2.29. The SMILES string of the molecule is CCN(CC)C(=O)C1CCCN(c2ccc([N+](=O)[O-])cc2C=O)C1. The summed E-state index contributed by atoms with van der Waals surface area (Å²) in [6.07, 6.45) is 2.32. The minimum Gasteiger partial charge on any atom is -0.370 e. The van der Waals surface area contributed by atoms with E-state index in [-0.39, 0.29) is 17.5 Å². The van der Waals surface area contributed by atoms with E-state index in [0.717, 1.165) is 19.4 Å². The van der Waals surface area contributed by atoms with Crippen LogP contribution in [-0.2, 0) is 4.79 Å². The molecule has 1 aromatic carbocycles. The molecule has 1 unspecified atom stereocenters. The molecule has 0 radical (unpaired) electrons. The third-order valence-electron chi connectivity index (χ3n) is 4.54. The van der Waals surface area contributed by atoms with Gasteiger partial charge in [0.15, 0.2) is 6.29 Å². The van der Waals surface area contributed by atoms with Crippen LogP contribution in [-0.4, -0.2) is 48.2 Å². The Bertz CT molecular complexity index is 628. The lowest BCUT2D eigenvalue weighted by Gasteiger charge is -2.36. The fourth-order valence-corrected chi connectivity index (χ4v) is 3.23. The lowest BCUT2D eigenvalue weighted by atomic mass is 9.95. The van der Waals surface area contributed by atoms with Gasteiger partial charge >= 0.3 is 0 Å². The van der Waals surface area contributed by atoms with Crippen molar-refractivity contribution in [2.75, 3.05) is 31.1 Å². The first-order valence-corrected chi connectivity index (χ1v) is 8.29. The molecular weight excluding hydrogens is 310 g/mol. The van der Waals surface area contributed by atoms with Crippen molar-refractivity contribution in [3.63, 3.8) is 0 Å². The van der Waals surface area contributed by atoms with E-state index in [1.165, 1.54) is 12.1 Å². The van der Waals surface area contributed by atoms with E-state index in [2.05, 4.69) is 0 Å². The van der Waals surface area contributed by atoms with Gasteiger partial charge < -0.3 is 9.80 Å². The molecule has 1 atom stereocenters. The smallest absolute Gasteiger partial charge is 0.270 e. The number of nitro groups is 1. The van der Waals surface area contributed by atoms with Gasteiger partial charge in [-0.25, -0.2) is 0 Å². The Kier molecular flexibility index (Phi) is 5.89. The van der Waals surface area contributed by atoms with Gasteiger partial charge in [-0.15, -0.1) is 0 Å². The van der Waals surface area contributed by atoms with E-state index in [9.17, 15) is 19.7 Å². The van der Waals surface area contributed by atoms with E-state index in [4.69, 9.17) is 0 Å². The second-order valence-electron chi connectivity index (χ2n) is 5.91. The molecular formula is C17H23N3O4. The lowest BCUT2D eigenvalue weighted by molar-refractivity contribution is -0.384. The van der Waals surface area contributed by atoms with Crippen molar-refractivity contribution in [2.24, 2.45) is 5.92 Å². The molecule has 0 bridgehead atoms. The molecule has 1 fully saturated rings. The van der Waals surface area contributed by atoms with Gasteiger partial charge in [0.2, 0.25) is 5.91 Å². The number of hydrogen-bond acceptors (Lipinski definition) is 5. The number of carbonyl (C=O) groups is 2. The van der Waals surface area contributed by atoms with Crippen LogP contribution in [0.15, 0.2) is 18.2 Å². The summed E-state index contributed by atoms with van der Waals surface area (Å²) in [5, 5.41) is 10.9. The topological polar surface area (TPSA) is 83.8 Å². The number of anilines is 1. The van der Waals surface area contributed by atoms with Gasteiger partial charge in [0.1, 0.15) is 0 Å². The van der Waals surface area contributed by atoms with Crippen molar-refractivity contribution in [1.29, 1.82) is 0 Å². The highest BCUT2D eigenvalue weighted by Gasteiger charge is 2.29. The van der Waals surface area contributed by atoms with Gasteiger partial charge in [-0.3, -0.25) is 19.7 Å².